The van der Waals surface area contributed by atoms with Crippen LogP contribution in [0.5, 0.6) is 0 Å². The second kappa shape index (κ2) is 5.93. The molecule has 0 saturated heterocycles. The topological polar surface area (TPSA) is 36.1 Å². The highest BCUT2D eigenvalue weighted by molar-refractivity contribution is 9.10. The Hall–Kier alpha value is -2.14. The average molecular weight is 361 g/mol. The van der Waals surface area contributed by atoms with Crippen molar-refractivity contribution in [3.8, 4) is 0 Å². The van der Waals surface area contributed by atoms with E-state index in [2.05, 4.69) is 20.9 Å². The van der Waals surface area contributed by atoms with Crippen molar-refractivity contribution in [2.24, 2.45) is 0 Å². The van der Waals surface area contributed by atoms with Crippen molar-refractivity contribution in [3.63, 3.8) is 0 Å². The molecular weight excluding hydrogens is 347 g/mol. The van der Waals surface area contributed by atoms with Crippen LogP contribution in [0, 0.1) is 5.82 Å². The normalized spacial score (nSPS) is 10.9. The van der Waals surface area contributed by atoms with Crippen LogP contribution in [0.4, 0.5) is 4.39 Å². The second-order valence-corrected chi connectivity index (χ2v) is 6.06. The highest BCUT2D eigenvalue weighted by Gasteiger charge is 2.17. The van der Waals surface area contributed by atoms with E-state index < -0.39 is 0 Å². The van der Waals surface area contributed by atoms with Crippen LogP contribution in [0.1, 0.15) is 15.9 Å². The number of aromatic amines is 1. The lowest BCUT2D eigenvalue weighted by Gasteiger charge is -2.17. The van der Waals surface area contributed by atoms with Gasteiger partial charge in [-0.15, -0.1) is 0 Å². The Morgan fingerprint density at radius 3 is 2.82 bits per heavy atom. The summed E-state index contributed by atoms with van der Waals surface area (Å²) in [5.74, 6) is -0.448. The van der Waals surface area contributed by atoms with E-state index in [-0.39, 0.29) is 18.3 Å². The fourth-order valence-electron chi connectivity index (χ4n) is 2.43. The van der Waals surface area contributed by atoms with Crippen molar-refractivity contribution in [2.75, 3.05) is 7.05 Å². The molecule has 0 spiro atoms. The zero-order chi connectivity index (χ0) is 15.7. The molecule has 0 unspecified atom stereocenters. The van der Waals surface area contributed by atoms with E-state index in [4.69, 9.17) is 0 Å². The summed E-state index contributed by atoms with van der Waals surface area (Å²) < 4.78 is 14.6. The summed E-state index contributed by atoms with van der Waals surface area (Å²) in [6, 6.07) is 12.2. The predicted molar refractivity (Wildman–Crippen MR) is 88.2 cm³/mol. The number of halogens is 2. The SMILES string of the molecule is CN(Cc1ccccc1F)C(=O)c1c[nH]c2ccc(Br)cc12. The number of benzene rings is 2. The van der Waals surface area contributed by atoms with Crippen LogP contribution >= 0.6 is 15.9 Å². The van der Waals surface area contributed by atoms with E-state index >= 15 is 0 Å². The molecule has 22 heavy (non-hydrogen) atoms. The molecule has 0 fully saturated rings. The summed E-state index contributed by atoms with van der Waals surface area (Å²) in [5, 5.41) is 0.847. The van der Waals surface area contributed by atoms with E-state index in [1.807, 2.05) is 18.2 Å². The number of nitrogens with zero attached hydrogens (tertiary/aromatic N) is 1. The molecule has 0 radical (unpaired) electrons. The third-order valence-electron chi connectivity index (χ3n) is 3.59. The van der Waals surface area contributed by atoms with E-state index in [0.717, 1.165) is 15.4 Å². The molecule has 0 aliphatic heterocycles. The number of rotatable bonds is 3. The number of nitrogens with one attached hydrogen (secondary N) is 1. The van der Waals surface area contributed by atoms with Crippen LogP contribution in [-0.2, 0) is 6.54 Å². The van der Waals surface area contributed by atoms with Gasteiger partial charge in [-0.3, -0.25) is 4.79 Å². The number of fused-ring (bicyclic) bond motifs is 1. The smallest absolute Gasteiger partial charge is 0.256 e. The zero-order valence-corrected chi connectivity index (χ0v) is 13.5. The van der Waals surface area contributed by atoms with Gasteiger partial charge in [0.1, 0.15) is 5.82 Å². The third-order valence-corrected chi connectivity index (χ3v) is 4.08. The Morgan fingerprint density at radius 2 is 2.05 bits per heavy atom. The lowest BCUT2D eigenvalue weighted by molar-refractivity contribution is 0.0786. The van der Waals surface area contributed by atoms with Crippen LogP contribution in [0.25, 0.3) is 10.9 Å². The summed E-state index contributed by atoms with van der Waals surface area (Å²) in [6.45, 7) is 0.228. The average Bonchev–Trinajstić information content (AvgIpc) is 2.91. The minimum Gasteiger partial charge on any atom is -0.360 e. The number of H-pyrrole nitrogens is 1. The molecule has 112 valence electrons. The van der Waals surface area contributed by atoms with Gasteiger partial charge < -0.3 is 9.88 Å². The van der Waals surface area contributed by atoms with Crippen molar-refractivity contribution in [2.45, 2.75) is 6.54 Å². The Balaban J connectivity index is 1.89. The van der Waals surface area contributed by atoms with Crippen LogP contribution in [0.3, 0.4) is 0 Å². The van der Waals surface area contributed by atoms with Crippen molar-refractivity contribution in [1.82, 2.24) is 9.88 Å². The largest absolute Gasteiger partial charge is 0.360 e. The maximum Gasteiger partial charge on any atom is 0.256 e. The minimum absolute atomic E-state index is 0.146. The van der Waals surface area contributed by atoms with E-state index in [1.165, 1.54) is 11.0 Å². The van der Waals surface area contributed by atoms with E-state index in [0.29, 0.717) is 11.1 Å². The summed E-state index contributed by atoms with van der Waals surface area (Å²) in [6.07, 6.45) is 1.69. The first-order valence-corrected chi connectivity index (χ1v) is 7.61. The van der Waals surface area contributed by atoms with Gasteiger partial charge >= 0.3 is 0 Å². The number of carbonyl (C=O) groups is 1. The Kier molecular flexibility index (Phi) is 3.98. The van der Waals surface area contributed by atoms with Crippen molar-refractivity contribution in [1.29, 1.82) is 0 Å². The van der Waals surface area contributed by atoms with Gasteiger partial charge in [0.2, 0.25) is 0 Å². The monoisotopic (exact) mass is 360 g/mol. The van der Waals surface area contributed by atoms with Crippen LogP contribution in [-0.4, -0.2) is 22.8 Å². The number of amides is 1. The van der Waals surface area contributed by atoms with Crippen molar-refractivity contribution in [3.05, 3.63) is 70.1 Å². The minimum atomic E-state index is -0.302. The van der Waals surface area contributed by atoms with Gasteiger partial charge in [0.05, 0.1) is 5.56 Å². The van der Waals surface area contributed by atoms with Gasteiger partial charge in [-0.1, -0.05) is 34.1 Å². The maximum atomic E-state index is 13.7. The number of hydrogen-bond acceptors (Lipinski definition) is 1. The van der Waals surface area contributed by atoms with E-state index in [9.17, 15) is 9.18 Å². The summed E-state index contributed by atoms with van der Waals surface area (Å²) in [4.78, 5) is 17.2. The Bertz CT molecular complexity index is 844. The number of carbonyl (C=O) groups excluding carboxylic acids is 1. The van der Waals surface area contributed by atoms with Crippen LogP contribution in [0.15, 0.2) is 53.1 Å². The number of aromatic nitrogens is 1. The Morgan fingerprint density at radius 1 is 1.27 bits per heavy atom. The molecule has 1 amide bonds. The molecule has 3 nitrogen and oxygen atoms in total. The lowest BCUT2D eigenvalue weighted by atomic mass is 10.1. The van der Waals surface area contributed by atoms with Crippen LogP contribution in [0.2, 0.25) is 0 Å². The lowest BCUT2D eigenvalue weighted by Crippen LogP contribution is -2.26. The van der Waals surface area contributed by atoms with Gasteiger partial charge in [0.15, 0.2) is 0 Å². The molecule has 0 aliphatic rings. The van der Waals surface area contributed by atoms with Crippen molar-refractivity contribution < 1.29 is 9.18 Å². The standard InChI is InChI=1S/C17H14BrFN2O/c1-21(10-11-4-2-3-5-15(11)19)17(22)14-9-20-16-7-6-12(18)8-13(14)16/h2-9,20H,10H2,1H3. The number of hydrogen-bond donors (Lipinski definition) is 1. The summed E-state index contributed by atoms with van der Waals surface area (Å²) in [7, 11) is 1.67. The first-order valence-electron chi connectivity index (χ1n) is 6.82. The van der Waals surface area contributed by atoms with Gasteiger partial charge in [0, 0.05) is 40.7 Å². The summed E-state index contributed by atoms with van der Waals surface area (Å²) in [5.41, 5.74) is 1.97. The quantitative estimate of drug-likeness (QED) is 0.740. The highest BCUT2D eigenvalue weighted by atomic mass is 79.9. The summed E-state index contributed by atoms with van der Waals surface area (Å²) >= 11 is 3.41. The highest BCUT2D eigenvalue weighted by Crippen LogP contribution is 2.24. The first-order chi connectivity index (χ1) is 10.6. The molecule has 5 heteroatoms. The molecule has 0 saturated carbocycles. The molecule has 0 atom stereocenters. The van der Waals surface area contributed by atoms with Gasteiger partial charge in [0.25, 0.3) is 5.91 Å². The molecule has 3 rings (SSSR count). The first kappa shape index (κ1) is 14.8. The van der Waals surface area contributed by atoms with Crippen LogP contribution < -0.4 is 0 Å². The predicted octanol–water partition coefficient (Wildman–Crippen LogP) is 4.34. The second-order valence-electron chi connectivity index (χ2n) is 5.14. The Labute approximate surface area is 135 Å². The maximum absolute atomic E-state index is 13.7. The molecule has 1 heterocycles. The van der Waals surface area contributed by atoms with Gasteiger partial charge in [-0.2, -0.15) is 0 Å². The van der Waals surface area contributed by atoms with Gasteiger partial charge in [-0.25, -0.2) is 4.39 Å². The zero-order valence-electron chi connectivity index (χ0n) is 11.9. The fraction of sp³-hybridized carbons (Fsp3) is 0.118. The molecular formula is C17H14BrFN2O. The molecule has 0 aliphatic carbocycles. The molecule has 1 N–H and O–H groups in total. The third kappa shape index (κ3) is 2.76. The fourth-order valence-corrected chi connectivity index (χ4v) is 2.79. The molecule has 0 bridgehead atoms. The molecule has 1 aromatic heterocycles. The van der Waals surface area contributed by atoms with Gasteiger partial charge in [-0.05, 0) is 24.3 Å². The van der Waals surface area contributed by atoms with Crippen molar-refractivity contribution >= 4 is 32.7 Å². The van der Waals surface area contributed by atoms with E-state index in [1.54, 1.807) is 31.4 Å². The molecule has 3 aromatic rings. The molecule has 2 aromatic carbocycles.